The zero-order valence-electron chi connectivity index (χ0n) is 12.5. The van der Waals surface area contributed by atoms with Crippen LogP contribution in [0.3, 0.4) is 0 Å². The number of nitrogen functional groups attached to an aromatic ring is 1. The fraction of sp³-hybridized carbons (Fsp3) is 0.111. The van der Waals surface area contributed by atoms with Crippen LogP contribution in [0, 0.1) is 0 Å². The quantitative estimate of drug-likeness (QED) is 0.759. The number of nitrogens with one attached hydrogen (secondary N) is 1. The van der Waals surface area contributed by atoms with Crippen molar-refractivity contribution < 1.29 is 9.21 Å². The number of aromatic nitrogens is 1. The monoisotopic (exact) mass is 307 g/mol. The Kier molecular flexibility index (Phi) is 4.38. The van der Waals surface area contributed by atoms with Gasteiger partial charge in [-0.15, -0.1) is 0 Å². The number of rotatable bonds is 5. The maximum Gasteiger partial charge on any atom is 0.255 e. The van der Waals surface area contributed by atoms with Crippen LogP contribution in [0.4, 0.5) is 5.82 Å². The van der Waals surface area contributed by atoms with Gasteiger partial charge in [-0.2, -0.15) is 0 Å². The zero-order valence-corrected chi connectivity index (χ0v) is 12.5. The summed E-state index contributed by atoms with van der Waals surface area (Å²) in [6, 6.07) is 17.2. The zero-order chi connectivity index (χ0) is 16.1. The van der Waals surface area contributed by atoms with E-state index in [4.69, 9.17) is 10.2 Å². The fourth-order valence-corrected chi connectivity index (χ4v) is 2.28. The first-order valence-corrected chi connectivity index (χ1v) is 7.32. The Labute approximate surface area is 134 Å². The molecule has 2 heterocycles. The number of anilines is 1. The highest BCUT2D eigenvalue weighted by Crippen LogP contribution is 2.13. The average Bonchev–Trinajstić information content (AvgIpc) is 3.01. The smallest absolute Gasteiger partial charge is 0.255 e. The van der Waals surface area contributed by atoms with Crippen LogP contribution >= 0.6 is 0 Å². The molecule has 0 aliphatic heterocycles. The van der Waals surface area contributed by atoms with Gasteiger partial charge in [-0.1, -0.05) is 30.3 Å². The van der Waals surface area contributed by atoms with E-state index in [1.165, 1.54) is 5.56 Å². The molecule has 3 N–H and O–H groups in total. The molecule has 0 radical (unpaired) electrons. The van der Waals surface area contributed by atoms with Crippen molar-refractivity contribution in [1.29, 1.82) is 0 Å². The number of amides is 1. The third-order valence-corrected chi connectivity index (χ3v) is 3.44. The van der Waals surface area contributed by atoms with E-state index >= 15 is 0 Å². The molecule has 3 rings (SSSR count). The molecule has 1 aromatic carbocycles. The summed E-state index contributed by atoms with van der Waals surface area (Å²) in [6.07, 6.45) is 2.28. The van der Waals surface area contributed by atoms with Gasteiger partial charge < -0.3 is 15.5 Å². The van der Waals surface area contributed by atoms with E-state index < -0.39 is 0 Å². The molecule has 0 aliphatic carbocycles. The van der Waals surface area contributed by atoms with Crippen LogP contribution in [0.1, 0.15) is 27.4 Å². The summed E-state index contributed by atoms with van der Waals surface area (Å²) in [4.78, 5) is 16.0. The topological polar surface area (TPSA) is 81.1 Å². The molecule has 116 valence electrons. The number of benzene rings is 1. The van der Waals surface area contributed by atoms with Gasteiger partial charge in [-0.05, 0) is 29.8 Å². The molecule has 0 saturated heterocycles. The largest absolute Gasteiger partial charge is 0.464 e. The number of hydrogen-bond donors (Lipinski definition) is 2. The molecule has 2 aromatic heterocycles. The maximum absolute atomic E-state index is 12.1. The summed E-state index contributed by atoms with van der Waals surface area (Å²) < 4.78 is 5.74. The Morgan fingerprint density at radius 1 is 1.04 bits per heavy atom. The van der Waals surface area contributed by atoms with Crippen LogP contribution in [-0.2, 0) is 13.0 Å². The molecule has 0 unspecified atom stereocenters. The molecule has 0 spiro atoms. The predicted molar refractivity (Wildman–Crippen MR) is 87.8 cm³/mol. The van der Waals surface area contributed by atoms with E-state index in [1.807, 2.05) is 30.3 Å². The van der Waals surface area contributed by atoms with Crippen molar-refractivity contribution in [3.05, 3.63) is 83.4 Å². The van der Waals surface area contributed by atoms with E-state index in [1.54, 1.807) is 18.3 Å². The Morgan fingerprint density at radius 2 is 1.83 bits per heavy atom. The van der Waals surface area contributed by atoms with Crippen LogP contribution in [0.25, 0.3) is 0 Å². The van der Waals surface area contributed by atoms with E-state index in [2.05, 4.69) is 22.4 Å². The number of furan rings is 1. The molecule has 0 bridgehead atoms. The third kappa shape index (κ3) is 3.77. The first kappa shape index (κ1) is 14.8. The molecule has 0 fully saturated rings. The minimum Gasteiger partial charge on any atom is -0.464 e. The minimum atomic E-state index is -0.267. The Balaban J connectivity index is 1.59. The Hall–Kier alpha value is -3.08. The van der Waals surface area contributed by atoms with Crippen LogP contribution < -0.4 is 11.1 Å². The van der Waals surface area contributed by atoms with Crippen molar-refractivity contribution in [3.63, 3.8) is 0 Å². The normalized spacial score (nSPS) is 10.4. The molecule has 0 atom stereocenters. The highest BCUT2D eigenvalue weighted by Gasteiger charge is 2.10. The Bertz CT molecular complexity index is 797. The van der Waals surface area contributed by atoms with Gasteiger partial charge in [-0.25, -0.2) is 4.98 Å². The first-order chi connectivity index (χ1) is 11.2. The average molecular weight is 307 g/mol. The lowest BCUT2D eigenvalue weighted by molar-refractivity contribution is 0.0948. The number of pyridine rings is 1. The van der Waals surface area contributed by atoms with E-state index in [9.17, 15) is 4.79 Å². The van der Waals surface area contributed by atoms with Crippen LogP contribution in [0.2, 0.25) is 0 Å². The summed E-state index contributed by atoms with van der Waals surface area (Å²) in [5.41, 5.74) is 7.23. The second-order valence-electron chi connectivity index (χ2n) is 5.15. The molecular weight excluding hydrogens is 290 g/mol. The molecule has 5 heteroatoms. The highest BCUT2D eigenvalue weighted by molar-refractivity contribution is 5.98. The van der Waals surface area contributed by atoms with E-state index in [0.717, 1.165) is 12.2 Å². The van der Waals surface area contributed by atoms with Crippen molar-refractivity contribution in [2.45, 2.75) is 13.0 Å². The van der Waals surface area contributed by atoms with Crippen molar-refractivity contribution in [2.75, 3.05) is 5.73 Å². The standard InChI is InChI=1S/C18H17N3O2/c19-17-16(7-4-10-20-17)18(22)21-12-15-9-8-14(23-15)11-13-5-2-1-3-6-13/h1-10H,11-12H2,(H2,19,20)(H,21,22). The molecule has 23 heavy (non-hydrogen) atoms. The summed E-state index contributed by atoms with van der Waals surface area (Å²) >= 11 is 0. The third-order valence-electron chi connectivity index (χ3n) is 3.44. The highest BCUT2D eigenvalue weighted by atomic mass is 16.3. The molecule has 1 amide bonds. The van der Waals surface area contributed by atoms with Gasteiger partial charge in [0.25, 0.3) is 5.91 Å². The van der Waals surface area contributed by atoms with Crippen LogP contribution in [-0.4, -0.2) is 10.9 Å². The first-order valence-electron chi connectivity index (χ1n) is 7.32. The van der Waals surface area contributed by atoms with Gasteiger partial charge in [-0.3, -0.25) is 4.79 Å². The van der Waals surface area contributed by atoms with Crippen molar-refractivity contribution in [1.82, 2.24) is 10.3 Å². The van der Waals surface area contributed by atoms with Gasteiger partial charge >= 0.3 is 0 Å². The van der Waals surface area contributed by atoms with Gasteiger partial charge in [0.15, 0.2) is 0 Å². The van der Waals surface area contributed by atoms with Gasteiger partial charge in [0.2, 0.25) is 0 Å². The second kappa shape index (κ2) is 6.79. The molecular formula is C18H17N3O2. The minimum absolute atomic E-state index is 0.217. The predicted octanol–water partition coefficient (Wildman–Crippen LogP) is 2.78. The van der Waals surface area contributed by atoms with Crippen molar-refractivity contribution in [2.24, 2.45) is 0 Å². The number of nitrogens with zero attached hydrogens (tertiary/aromatic N) is 1. The van der Waals surface area contributed by atoms with Gasteiger partial charge in [0.1, 0.15) is 17.3 Å². The summed E-state index contributed by atoms with van der Waals surface area (Å²) in [6.45, 7) is 0.307. The van der Waals surface area contributed by atoms with E-state index in [-0.39, 0.29) is 11.7 Å². The lowest BCUT2D eigenvalue weighted by atomic mass is 10.1. The fourth-order valence-electron chi connectivity index (χ4n) is 2.28. The van der Waals surface area contributed by atoms with Crippen LogP contribution in [0.5, 0.6) is 0 Å². The van der Waals surface area contributed by atoms with E-state index in [0.29, 0.717) is 17.9 Å². The lowest BCUT2D eigenvalue weighted by Crippen LogP contribution is -2.23. The summed E-state index contributed by atoms with van der Waals surface area (Å²) in [5.74, 6) is 1.51. The Morgan fingerprint density at radius 3 is 2.61 bits per heavy atom. The molecule has 5 nitrogen and oxygen atoms in total. The van der Waals surface area contributed by atoms with Crippen molar-refractivity contribution >= 4 is 11.7 Å². The molecule has 0 saturated carbocycles. The molecule has 3 aromatic rings. The van der Waals surface area contributed by atoms with Gasteiger partial charge in [0.05, 0.1) is 12.1 Å². The molecule has 0 aliphatic rings. The summed E-state index contributed by atoms with van der Waals surface area (Å²) in [7, 11) is 0. The SMILES string of the molecule is Nc1ncccc1C(=O)NCc1ccc(Cc2ccccc2)o1. The second-order valence-corrected chi connectivity index (χ2v) is 5.15. The summed E-state index contributed by atoms with van der Waals surface area (Å²) in [5, 5.41) is 2.78. The number of nitrogens with two attached hydrogens (primary N) is 1. The number of carbonyl (C=O) groups excluding carboxylic acids is 1. The number of carbonyl (C=O) groups is 1. The van der Waals surface area contributed by atoms with Crippen LogP contribution in [0.15, 0.2) is 65.2 Å². The van der Waals surface area contributed by atoms with Crippen molar-refractivity contribution in [3.8, 4) is 0 Å². The maximum atomic E-state index is 12.1. The van der Waals surface area contributed by atoms with Gasteiger partial charge in [0, 0.05) is 12.6 Å². The lowest BCUT2D eigenvalue weighted by Gasteiger charge is -2.05. The number of hydrogen-bond acceptors (Lipinski definition) is 4.